The Kier molecular flexibility index (Phi) is 6.27. The number of benzene rings is 1. The largest absolute Gasteiger partial charge is 0.381 e. The third-order valence-electron chi connectivity index (χ3n) is 5.42. The quantitative estimate of drug-likeness (QED) is 0.902. The molecule has 2 fully saturated rings. The maximum absolute atomic E-state index is 12.2. The van der Waals surface area contributed by atoms with Gasteiger partial charge in [-0.15, -0.1) is 0 Å². The lowest BCUT2D eigenvalue weighted by Gasteiger charge is -2.32. The van der Waals surface area contributed by atoms with Crippen LogP contribution in [0.4, 0.5) is 0 Å². The second-order valence-electron chi connectivity index (χ2n) is 7.30. The number of hydrogen-bond donors (Lipinski definition) is 1. The minimum absolute atomic E-state index is 0.235. The Morgan fingerprint density at radius 1 is 1.17 bits per heavy atom. The molecule has 0 bridgehead atoms. The highest BCUT2D eigenvalue weighted by atomic mass is 16.5. The predicted octanol–water partition coefficient (Wildman–Crippen LogP) is 2.89. The van der Waals surface area contributed by atoms with E-state index in [0.29, 0.717) is 18.4 Å². The van der Waals surface area contributed by atoms with Gasteiger partial charge in [0.2, 0.25) is 5.91 Å². The number of likely N-dealkylation sites (tertiary alicyclic amines) is 1. The van der Waals surface area contributed by atoms with Gasteiger partial charge >= 0.3 is 0 Å². The van der Waals surface area contributed by atoms with Gasteiger partial charge in [0, 0.05) is 32.2 Å². The summed E-state index contributed by atoms with van der Waals surface area (Å²) >= 11 is 0. The molecule has 1 N–H and O–H groups in total. The molecule has 4 nitrogen and oxygen atoms in total. The average Bonchev–Trinajstić information content (AvgIpc) is 2.59. The molecule has 0 atom stereocenters. The van der Waals surface area contributed by atoms with Crippen LogP contribution in [-0.4, -0.2) is 43.2 Å². The summed E-state index contributed by atoms with van der Waals surface area (Å²) in [6.45, 7) is 6.98. The molecule has 0 unspecified atom stereocenters. The molecule has 1 amide bonds. The zero-order valence-corrected chi connectivity index (χ0v) is 14.8. The van der Waals surface area contributed by atoms with Gasteiger partial charge in [-0.3, -0.25) is 9.69 Å². The summed E-state index contributed by atoms with van der Waals surface area (Å²) in [6, 6.07) is 8.95. The Hall–Kier alpha value is -1.39. The number of rotatable bonds is 5. The molecule has 2 aliphatic rings. The molecular weight excluding hydrogens is 300 g/mol. The molecule has 132 valence electrons. The Labute approximate surface area is 145 Å². The van der Waals surface area contributed by atoms with E-state index in [1.54, 1.807) is 0 Å². The third-order valence-corrected chi connectivity index (χ3v) is 5.42. The van der Waals surface area contributed by atoms with Crippen molar-refractivity contribution in [2.24, 2.45) is 5.92 Å². The Balaban J connectivity index is 1.38. The number of nitrogens with zero attached hydrogens (tertiary/aromatic N) is 1. The van der Waals surface area contributed by atoms with E-state index in [1.165, 1.54) is 11.1 Å². The van der Waals surface area contributed by atoms with E-state index in [9.17, 15) is 4.79 Å². The van der Waals surface area contributed by atoms with Crippen LogP contribution in [0.1, 0.15) is 43.2 Å². The molecule has 2 saturated heterocycles. The van der Waals surface area contributed by atoms with Gasteiger partial charge in [-0.25, -0.2) is 0 Å². The second kappa shape index (κ2) is 8.63. The van der Waals surface area contributed by atoms with Crippen molar-refractivity contribution >= 4 is 5.91 Å². The summed E-state index contributed by atoms with van der Waals surface area (Å²) < 4.78 is 5.34. The van der Waals surface area contributed by atoms with E-state index in [2.05, 4.69) is 41.4 Å². The van der Waals surface area contributed by atoms with Crippen LogP contribution in [0.15, 0.2) is 24.3 Å². The van der Waals surface area contributed by atoms with Crippen LogP contribution in [0.2, 0.25) is 0 Å². The van der Waals surface area contributed by atoms with E-state index in [1.807, 2.05) is 0 Å². The smallest absolute Gasteiger partial charge is 0.220 e. The van der Waals surface area contributed by atoms with Gasteiger partial charge in [-0.2, -0.15) is 0 Å². The van der Waals surface area contributed by atoms with Crippen molar-refractivity contribution in [1.82, 2.24) is 10.2 Å². The number of piperidine rings is 1. The molecule has 1 aromatic carbocycles. The zero-order valence-electron chi connectivity index (χ0n) is 14.8. The van der Waals surface area contributed by atoms with Crippen LogP contribution in [-0.2, 0) is 16.1 Å². The van der Waals surface area contributed by atoms with E-state index in [-0.39, 0.29) is 5.91 Å². The zero-order chi connectivity index (χ0) is 16.8. The van der Waals surface area contributed by atoms with Crippen molar-refractivity contribution < 1.29 is 9.53 Å². The monoisotopic (exact) mass is 330 g/mol. The fraction of sp³-hybridized carbons (Fsp3) is 0.650. The number of carbonyl (C=O) groups excluding carboxylic acids is 1. The highest BCUT2D eigenvalue weighted by Crippen LogP contribution is 2.23. The topological polar surface area (TPSA) is 41.6 Å². The summed E-state index contributed by atoms with van der Waals surface area (Å²) in [7, 11) is 0. The standard InChI is InChI=1S/C20H30N2O2/c1-16-4-2-3-5-18(16)15-22-10-6-17(7-11-22)14-20(23)21-19-8-12-24-13-9-19/h2-5,17,19H,6-15H2,1H3,(H,21,23). The number of nitrogens with one attached hydrogen (secondary N) is 1. The molecule has 2 aliphatic heterocycles. The van der Waals surface area contributed by atoms with Gasteiger partial charge < -0.3 is 10.1 Å². The van der Waals surface area contributed by atoms with Crippen molar-refractivity contribution in [2.75, 3.05) is 26.3 Å². The molecule has 0 saturated carbocycles. The lowest BCUT2D eigenvalue weighted by atomic mass is 9.92. The molecule has 1 aromatic rings. The first kappa shape index (κ1) is 17.4. The lowest BCUT2D eigenvalue weighted by Crippen LogP contribution is -2.41. The van der Waals surface area contributed by atoms with Crippen molar-refractivity contribution in [3.05, 3.63) is 35.4 Å². The van der Waals surface area contributed by atoms with E-state index in [0.717, 1.165) is 58.5 Å². The fourth-order valence-electron chi connectivity index (χ4n) is 3.77. The van der Waals surface area contributed by atoms with E-state index in [4.69, 9.17) is 4.74 Å². The normalized spacial score (nSPS) is 20.9. The molecule has 0 radical (unpaired) electrons. The molecule has 3 rings (SSSR count). The van der Waals surface area contributed by atoms with Crippen LogP contribution in [0.25, 0.3) is 0 Å². The summed E-state index contributed by atoms with van der Waals surface area (Å²) in [5, 5.41) is 3.19. The highest BCUT2D eigenvalue weighted by Gasteiger charge is 2.23. The lowest BCUT2D eigenvalue weighted by molar-refractivity contribution is -0.123. The Bertz CT molecular complexity index is 532. The number of aryl methyl sites for hydroxylation is 1. The maximum atomic E-state index is 12.2. The van der Waals surface area contributed by atoms with Gasteiger partial charge in [0.05, 0.1) is 0 Å². The predicted molar refractivity (Wildman–Crippen MR) is 95.8 cm³/mol. The summed E-state index contributed by atoms with van der Waals surface area (Å²) in [6.07, 6.45) is 4.87. The molecule has 24 heavy (non-hydrogen) atoms. The molecule has 0 spiro atoms. The first-order valence-electron chi connectivity index (χ1n) is 9.34. The minimum Gasteiger partial charge on any atom is -0.381 e. The Morgan fingerprint density at radius 3 is 2.58 bits per heavy atom. The van der Waals surface area contributed by atoms with Gasteiger partial charge in [0.1, 0.15) is 0 Å². The first-order valence-corrected chi connectivity index (χ1v) is 9.34. The SMILES string of the molecule is Cc1ccccc1CN1CCC(CC(=O)NC2CCOCC2)CC1. The van der Waals surface area contributed by atoms with Crippen LogP contribution in [0.5, 0.6) is 0 Å². The minimum atomic E-state index is 0.235. The molecule has 2 heterocycles. The van der Waals surface area contributed by atoms with Crippen molar-refractivity contribution in [2.45, 2.75) is 51.6 Å². The van der Waals surface area contributed by atoms with Crippen LogP contribution < -0.4 is 5.32 Å². The van der Waals surface area contributed by atoms with E-state index < -0.39 is 0 Å². The Morgan fingerprint density at radius 2 is 1.88 bits per heavy atom. The van der Waals surface area contributed by atoms with Crippen LogP contribution >= 0.6 is 0 Å². The molecular formula is C20H30N2O2. The number of amides is 1. The first-order chi connectivity index (χ1) is 11.7. The van der Waals surface area contributed by atoms with Gasteiger partial charge in [-0.1, -0.05) is 24.3 Å². The average molecular weight is 330 g/mol. The third kappa shape index (κ3) is 5.05. The molecule has 4 heteroatoms. The summed E-state index contributed by atoms with van der Waals surface area (Å²) in [5.41, 5.74) is 2.80. The van der Waals surface area contributed by atoms with Crippen LogP contribution in [0.3, 0.4) is 0 Å². The number of hydrogen-bond acceptors (Lipinski definition) is 3. The van der Waals surface area contributed by atoms with Crippen molar-refractivity contribution in [3.63, 3.8) is 0 Å². The van der Waals surface area contributed by atoms with E-state index >= 15 is 0 Å². The number of ether oxygens (including phenoxy) is 1. The molecule has 0 aliphatic carbocycles. The second-order valence-corrected chi connectivity index (χ2v) is 7.30. The van der Waals surface area contributed by atoms with Crippen LogP contribution in [0, 0.1) is 12.8 Å². The number of carbonyl (C=O) groups is 1. The van der Waals surface area contributed by atoms with Crippen molar-refractivity contribution in [3.8, 4) is 0 Å². The van der Waals surface area contributed by atoms with Crippen molar-refractivity contribution in [1.29, 1.82) is 0 Å². The van der Waals surface area contributed by atoms with Gasteiger partial charge in [-0.05, 0) is 62.7 Å². The summed E-state index contributed by atoms with van der Waals surface area (Å²) in [4.78, 5) is 14.8. The summed E-state index contributed by atoms with van der Waals surface area (Å²) in [5.74, 6) is 0.775. The van der Waals surface area contributed by atoms with Gasteiger partial charge in [0.15, 0.2) is 0 Å². The highest BCUT2D eigenvalue weighted by molar-refractivity contribution is 5.76. The van der Waals surface area contributed by atoms with Gasteiger partial charge in [0.25, 0.3) is 0 Å². The maximum Gasteiger partial charge on any atom is 0.220 e. The molecule has 0 aromatic heterocycles. The fourth-order valence-corrected chi connectivity index (χ4v) is 3.77.